The molecule has 224 valence electrons. The molecule has 1 amide bonds. The van der Waals surface area contributed by atoms with Gasteiger partial charge >= 0.3 is 23.9 Å². The average Bonchev–Trinajstić information content (AvgIpc) is 3.28. The van der Waals surface area contributed by atoms with Gasteiger partial charge in [0.15, 0.2) is 36.1 Å². The van der Waals surface area contributed by atoms with E-state index in [1.807, 2.05) is 6.07 Å². The maximum atomic E-state index is 13.2. The monoisotopic (exact) mass is 631 g/mol. The Hall–Kier alpha value is -3.04. The lowest BCUT2D eigenvalue weighted by Crippen LogP contribution is -2.66. The van der Waals surface area contributed by atoms with E-state index in [-0.39, 0.29) is 10.9 Å². The molecule has 1 unspecified atom stereocenters. The van der Waals surface area contributed by atoms with Gasteiger partial charge in [-0.15, -0.1) is 5.10 Å². The second kappa shape index (κ2) is 14.2. The number of hydrazone groups is 1. The van der Waals surface area contributed by atoms with Crippen LogP contribution in [-0.2, 0) is 64.0 Å². The van der Waals surface area contributed by atoms with Crippen molar-refractivity contribution in [1.29, 1.82) is 0 Å². The highest BCUT2D eigenvalue weighted by atomic mass is 32.4. The van der Waals surface area contributed by atoms with Gasteiger partial charge in [0.2, 0.25) is 5.91 Å². The summed E-state index contributed by atoms with van der Waals surface area (Å²) in [4.78, 5) is 62.2. The predicted octanol–water partition coefficient (Wildman–Crippen LogP) is 0.787. The van der Waals surface area contributed by atoms with E-state index in [2.05, 4.69) is 10.3 Å². The number of nitrogens with zero attached hydrogens (tertiary/aromatic N) is 2. The number of amides is 1. The van der Waals surface area contributed by atoms with E-state index in [0.29, 0.717) is 5.30 Å². The number of rotatable bonds is 10. The van der Waals surface area contributed by atoms with Gasteiger partial charge in [-0.1, -0.05) is 30.0 Å². The number of carbonyl (C=O) groups is 5. The van der Waals surface area contributed by atoms with Gasteiger partial charge in [0.1, 0.15) is 12.7 Å². The Morgan fingerprint density at radius 1 is 1.00 bits per heavy atom. The molecule has 0 aliphatic carbocycles. The molecule has 17 heteroatoms. The van der Waals surface area contributed by atoms with E-state index in [1.165, 1.54) is 7.11 Å². The normalized spacial score (nSPS) is 26.6. The molecule has 14 nitrogen and oxygen atoms in total. The van der Waals surface area contributed by atoms with Crippen molar-refractivity contribution in [1.82, 2.24) is 10.1 Å². The van der Waals surface area contributed by atoms with Crippen molar-refractivity contribution < 1.29 is 52.2 Å². The molecule has 2 heterocycles. The van der Waals surface area contributed by atoms with Crippen molar-refractivity contribution in [3.05, 3.63) is 30.3 Å². The number of thioether (sulfide) groups is 1. The highest BCUT2D eigenvalue weighted by Gasteiger charge is 2.56. The van der Waals surface area contributed by atoms with Crippen LogP contribution in [0.1, 0.15) is 27.7 Å². The molecule has 0 saturated carbocycles. The zero-order valence-electron chi connectivity index (χ0n) is 22.8. The standard InChI is InChI=1S/C24H30N3O11PS2/c1-13(28)34-11-18-20(35-14(2)29)21(36-15(3)30)22(37-16(4)31)23(38-18)27-19(32)12-41-24(27)25-26-39(40,33-5)17-9-7-6-8-10-17/h6-10,18,20-23H,11-12H2,1-5H3,(H,26,40)/b25-24-/t18-,20-,21+,22-,23-,39?/m1/s1. The number of hydrogen-bond acceptors (Lipinski definition) is 14. The number of ether oxygens (including phenoxy) is 5. The fraction of sp³-hybridized carbons (Fsp3) is 0.500. The van der Waals surface area contributed by atoms with Crippen molar-refractivity contribution in [2.24, 2.45) is 5.10 Å². The minimum Gasteiger partial charge on any atom is -0.463 e. The number of nitrogens with one attached hydrogen (secondary N) is 1. The molecule has 1 aromatic carbocycles. The largest absolute Gasteiger partial charge is 0.463 e. The minimum atomic E-state index is -2.89. The molecule has 0 spiro atoms. The van der Waals surface area contributed by atoms with Crippen LogP contribution in [0.15, 0.2) is 35.4 Å². The molecule has 1 N–H and O–H groups in total. The van der Waals surface area contributed by atoms with Crippen LogP contribution in [0.3, 0.4) is 0 Å². The van der Waals surface area contributed by atoms with Gasteiger partial charge in [-0.25, -0.2) is 0 Å². The first-order valence-corrected chi connectivity index (χ1v) is 15.9. The van der Waals surface area contributed by atoms with Gasteiger partial charge in [0, 0.05) is 40.1 Å². The van der Waals surface area contributed by atoms with Gasteiger partial charge in [-0.05, 0) is 23.9 Å². The first kappa shape index (κ1) is 32.5. The van der Waals surface area contributed by atoms with Crippen molar-refractivity contribution in [2.75, 3.05) is 19.5 Å². The maximum absolute atomic E-state index is 13.2. The molecule has 1 aromatic rings. The van der Waals surface area contributed by atoms with E-state index < -0.39 is 73.5 Å². The van der Waals surface area contributed by atoms with Crippen LogP contribution in [0.2, 0.25) is 0 Å². The molecular formula is C24H30N3O11PS2. The first-order chi connectivity index (χ1) is 19.4. The van der Waals surface area contributed by atoms with Gasteiger partial charge in [-0.2, -0.15) is 0 Å². The summed E-state index contributed by atoms with van der Waals surface area (Å²) in [5, 5.41) is 8.01. The van der Waals surface area contributed by atoms with Gasteiger partial charge in [0.05, 0.1) is 5.75 Å². The highest BCUT2D eigenvalue weighted by Crippen LogP contribution is 2.41. The van der Waals surface area contributed by atoms with E-state index in [9.17, 15) is 24.0 Å². The maximum Gasteiger partial charge on any atom is 0.303 e. The molecule has 6 atom stereocenters. The molecule has 41 heavy (non-hydrogen) atoms. The summed E-state index contributed by atoms with van der Waals surface area (Å²) in [5.74, 6) is -3.57. The van der Waals surface area contributed by atoms with E-state index in [0.717, 1.165) is 44.4 Å². The van der Waals surface area contributed by atoms with Crippen LogP contribution in [0, 0.1) is 0 Å². The topological polar surface area (TPSA) is 168 Å². The van der Waals surface area contributed by atoms with Crippen molar-refractivity contribution >= 4 is 70.2 Å². The van der Waals surface area contributed by atoms with E-state index in [4.69, 9.17) is 40.0 Å². The van der Waals surface area contributed by atoms with Crippen LogP contribution in [0.4, 0.5) is 0 Å². The second-order valence-electron chi connectivity index (χ2n) is 8.71. The Balaban J connectivity index is 2.06. The molecular weight excluding hydrogens is 601 g/mol. The molecule has 2 aliphatic rings. The summed E-state index contributed by atoms with van der Waals surface area (Å²) in [6.45, 7) is 4.06. The lowest BCUT2D eigenvalue weighted by molar-refractivity contribution is -0.268. The Morgan fingerprint density at radius 3 is 2.15 bits per heavy atom. The Morgan fingerprint density at radius 2 is 1.59 bits per heavy atom. The molecule has 3 rings (SSSR count). The highest BCUT2D eigenvalue weighted by molar-refractivity contribution is 8.15. The fourth-order valence-corrected chi connectivity index (χ4v) is 6.66. The number of carbonyl (C=O) groups excluding carboxylic acids is 5. The third kappa shape index (κ3) is 8.26. The average molecular weight is 632 g/mol. The predicted molar refractivity (Wildman–Crippen MR) is 149 cm³/mol. The Bertz CT molecular complexity index is 1250. The zero-order valence-corrected chi connectivity index (χ0v) is 25.4. The summed E-state index contributed by atoms with van der Waals surface area (Å²) in [6, 6.07) is 8.97. The van der Waals surface area contributed by atoms with Crippen LogP contribution < -0.4 is 10.5 Å². The summed E-state index contributed by atoms with van der Waals surface area (Å²) in [6.07, 6.45) is -9.83. The lowest BCUT2D eigenvalue weighted by Gasteiger charge is -2.46. The summed E-state index contributed by atoms with van der Waals surface area (Å²) in [7, 11) is 1.44. The Labute approximate surface area is 245 Å². The van der Waals surface area contributed by atoms with Gasteiger partial charge in [0.25, 0.3) is 0 Å². The smallest absolute Gasteiger partial charge is 0.303 e. The summed E-state index contributed by atoms with van der Waals surface area (Å²) < 4.78 is 33.1. The molecule has 2 fully saturated rings. The number of amidine groups is 1. The summed E-state index contributed by atoms with van der Waals surface area (Å²) in [5.41, 5.74) is 0. The zero-order chi connectivity index (χ0) is 30.3. The molecule has 0 bridgehead atoms. The quantitative estimate of drug-likeness (QED) is 0.166. The fourth-order valence-electron chi connectivity index (χ4n) is 4.06. The third-order valence-electron chi connectivity index (χ3n) is 5.65. The van der Waals surface area contributed by atoms with Gasteiger partial charge in [-0.3, -0.25) is 34.1 Å². The lowest BCUT2D eigenvalue weighted by atomic mass is 9.96. The first-order valence-electron chi connectivity index (χ1n) is 12.2. The third-order valence-corrected chi connectivity index (χ3v) is 9.77. The molecule has 0 aromatic heterocycles. The van der Waals surface area contributed by atoms with Crippen LogP contribution in [0.5, 0.6) is 0 Å². The van der Waals surface area contributed by atoms with Crippen molar-refractivity contribution in [3.63, 3.8) is 0 Å². The minimum absolute atomic E-state index is 0.0609. The molecule has 2 aliphatic heterocycles. The van der Waals surface area contributed by atoms with Crippen molar-refractivity contribution in [3.8, 4) is 0 Å². The SMILES string of the molecule is COP(=S)(N/N=C1\SCC(=O)N1[C@@H]1O[C@H](COC(C)=O)[C@@H](OC(C)=O)[C@H](OC(C)=O)[C@H]1OC(C)=O)c1ccccc1. The van der Waals surface area contributed by atoms with Gasteiger partial charge < -0.3 is 28.2 Å². The van der Waals surface area contributed by atoms with Crippen molar-refractivity contribution in [2.45, 2.75) is 58.3 Å². The van der Waals surface area contributed by atoms with Crippen LogP contribution in [0.25, 0.3) is 0 Å². The number of benzene rings is 1. The Kier molecular flexibility index (Phi) is 11.3. The summed E-state index contributed by atoms with van der Waals surface area (Å²) >= 11 is 6.76. The van der Waals surface area contributed by atoms with Crippen LogP contribution >= 0.6 is 18.2 Å². The van der Waals surface area contributed by atoms with E-state index in [1.54, 1.807) is 24.3 Å². The molecule has 0 radical (unpaired) electrons. The number of esters is 4. The second-order valence-corrected chi connectivity index (χ2v) is 13.4. The van der Waals surface area contributed by atoms with E-state index >= 15 is 0 Å². The van der Waals surface area contributed by atoms with Crippen LogP contribution in [-0.4, -0.2) is 90.0 Å². The number of hydrogen-bond donors (Lipinski definition) is 1. The molecule has 2 saturated heterocycles.